The van der Waals surface area contributed by atoms with Crippen molar-refractivity contribution < 1.29 is 19.7 Å². The predicted molar refractivity (Wildman–Crippen MR) is 134 cm³/mol. The SMILES string of the molecule is CCCCCCCCCCCCCCCCC(C/C=C/c1ccc(O)c(OC)c1)C(=O)O. The molecule has 0 radical (unpaired) electrons. The minimum atomic E-state index is -0.715. The molecule has 0 bridgehead atoms. The summed E-state index contributed by atoms with van der Waals surface area (Å²) in [5, 5.41) is 19.2. The summed E-state index contributed by atoms with van der Waals surface area (Å²) in [6.07, 6.45) is 23.4. The quantitative estimate of drug-likeness (QED) is 0.197. The van der Waals surface area contributed by atoms with Crippen molar-refractivity contribution in [3.8, 4) is 11.5 Å². The first-order valence-corrected chi connectivity index (χ1v) is 12.8. The summed E-state index contributed by atoms with van der Waals surface area (Å²) in [5.41, 5.74) is 0.889. The van der Waals surface area contributed by atoms with Gasteiger partial charge in [-0.25, -0.2) is 0 Å². The fourth-order valence-electron chi connectivity index (χ4n) is 4.09. The van der Waals surface area contributed by atoms with Crippen molar-refractivity contribution >= 4 is 12.0 Å². The van der Waals surface area contributed by atoms with E-state index in [1.54, 1.807) is 18.2 Å². The molecule has 0 aliphatic carbocycles. The molecule has 0 aliphatic rings. The maximum atomic E-state index is 11.6. The summed E-state index contributed by atoms with van der Waals surface area (Å²) in [5.74, 6) is -0.523. The van der Waals surface area contributed by atoms with Crippen molar-refractivity contribution in [3.05, 3.63) is 29.8 Å². The summed E-state index contributed by atoms with van der Waals surface area (Å²) in [4.78, 5) is 11.6. The number of ether oxygens (including phenoxy) is 1. The van der Waals surface area contributed by atoms with E-state index in [2.05, 4.69) is 6.92 Å². The Labute approximate surface area is 196 Å². The van der Waals surface area contributed by atoms with Crippen molar-refractivity contribution in [2.75, 3.05) is 7.11 Å². The normalized spacial score (nSPS) is 12.3. The maximum absolute atomic E-state index is 11.6. The lowest BCUT2D eigenvalue weighted by atomic mass is 9.96. The number of methoxy groups -OCH3 is 1. The Bertz CT molecular complexity index is 638. The lowest BCUT2D eigenvalue weighted by Gasteiger charge is -2.10. The summed E-state index contributed by atoms with van der Waals surface area (Å²) < 4.78 is 5.11. The largest absolute Gasteiger partial charge is 0.504 e. The minimum absolute atomic E-state index is 0.103. The number of rotatable bonds is 20. The van der Waals surface area contributed by atoms with Gasteiger partial charge in [-0.1, -0.05) is 115 Å². The highest BCUT2D eigenvalue weighted by molar-refractivity contribution is 5.70. The number of aromatic hydroxyl groups is 1. The molecule has 0 fully saturated rings. The van der Waals surface area contributed by atoms with Gasteiger partial charge in [0.05, 0.1) is 13.0 Å². The topological polar surface area (TPSA) is 66.8 Å². The second-order valence-corrected chi connectivity index (χ2v) is 8.99. The molecule has 1 aromatic carbocycles. The molecule has 1 aromatic rings. The summed E-state index contributed by atoms with van der Waals surface area (Å²) in [6, 6.07) is 5.12. The number of phenolic OH excluding ortho intramolecular Hbond substituents is 1. The number of unbranched alkanes of at least 4 members (excludes halogenated alkanes) is 13. The Balaban J connectivity index is 2.09. The van der Waals surface area contributed by atoms with Gasteiger partial charge < -0.3 is 14.9 Å². The van der Waals surface area contributed by atoms with Crippen LogP contribution in [0.15, 0.2) is 24.3 Å². The number of carboxylic acids is 1. The highest BCUT2D eigenvalue weighted by Crippen LogP contribution is 2.27. The zero-order chi connectivity index (χ0) is 23.4. The highest BCUT2D eigenvalue weighted by atomic mass is 16.5. The van der Waals surface area contributed by atoms with E-state index < -0.39 is 5.97 Å². The van der Waals surface area contributed by atoms with Crippen LogP contribution in [-0.2, 0) is 4.79 Å². The van der Waals surface area contributed by atoms with E-state index >= 15 is 0 Å². The number of hydrogen-bond donors (Lipinski definition) is 2. The number of carbonyl (C=O) groups is 1. The van der Waals surface area contributed by atoms with Crippen molar-refractivity contribution in [1.29, 1.82) is 0 Å². The van der Waals surface area contributed by atoms with Gasteiger partial charge >= 0.3 is 5.97 Å². The van der Waals surface area contributed by atoms with Gasteiger partial charge in [0, 0.05) is 0 Å². The average molecular weight is 447 g/mol. The number of carboxylic acid groups (broad SMARTS) is 1. The van der Waals surface area contributed by atoms with Crippen molar-refractivity contribution in [2.24, 2.45) is 5.92 Å². The molecule has 32 heavy (non-hydrogen) atoms. The zero-order valence-corrected chi connectivity index (χ0v) is 20.5. The van der Waals surface area contributed by atoms with Crippen LogP contribution in [0.1, 0.15) is 115 Å². The standard InChI is InChI=1S/C28H46O4/c1-3-4-5-6-7-8-9-10-11-12-13-14-15-16-19-25(28(30)31)20-17-18-24-21-22-26(29)27(23-24)32-2/h17-18,21-23,25,29H,3-16,19-20H2,1-2H3,(H,30,31)/b18-17+. The molecule has 0 amide bonds. The van der Waals surface area contributed by atoms with E-state index in [0.29, 0.717) is 12.2 Å². The first-order chi connectivity index (χ1) is 15.6. The smallest absolute Gasteiger partial charge is 0.306 e. The van der Waals surface area contributed by atoms with Crippen LogP contribution in [0.25, 0.3) is 6.08 Å². The van der Waals surface area contributed by atoms with Gasteiger partial charge in [-0.15, -0.1) is 0 Å². The third kappa shape index (κ3) is 13.4. The molecule has 1 unspecified atom stereocenters. The van der Waals surface area contributed by atoms with Crippen molar-refractivity contribution in [1.82, 2.24) is 0 Å². The van der Waals surface area contributed by atoms with E-state index in [1.807, 2.05) is 12.2 Å². The van der Waals surface area contributed by atoms with Crippen LogP contribution >= 0.6 is 0 Å². The third-order valence-electron chi connectivity index (χ3n) is 6.19. The molecular formula is C28H46O4. The first kappa shape index (κ1) is 28.1. The average Bonchev–Trinajstić information content (AvgIpc) is 2.78. The van der Waals surface area contributed by atoms with Gasteiger partial charge in [0.25, 0.3) is 0 Å². The first-order valence-electron chi connectivity index (χ1n) is 12.8. The van der Waals surface area contributed by atoms with Gasteiger partial charge in [0.15, 0.2) is 11.5 Å². The Morgan fingerprint density at radius 1 is 0.906 bits per heavy atom. The number of aliphatic carboxylic acids is 1. The Morgan fingerprint density at radius 3 is 1.94 bits per heavy atom. The van der Waals surface area contributed by atoms with Crippen molar-refractivity contribution in [2.45, 2.75) is 110 Å². The molecule has 0 spiro atoms. The molecule has 0 heterocycles. The fourth-order valence-corrected chi connectivity index (χ4v) is 4.09. The molecule has 0 saturated heterocycles. The van der Waals surface area contributed by atoms with Gasteiger partial charge in [0.1, 0.15) is 0 Å². The van der Waals surface area contributed by atoms with Crippen LogP contribution < -0.4 is 4.74 Å². The number of phenols is 1. The van der Waals surface area contributed by atoms with E-state index in [4.69, 9.17) is 4.74 Å². The van der Waals surface area contributed by atoms with E-state index in [9.17, 15) is 15.0 Å². The summed E-state index contributed by atoms with van der Waals surface area (Å²) >= 11 is 0. The molecule has 0 aliphatic heterocycles. The van der Waals surface area contributed by atoms with Gasteiger partial charge in [-0.05, 0) is 30.5 Å². The molecule has 2 N–H and O–H groups in total. The van der Waals surface area contributed by atoms with Crippen LogP contribution in [-0.4, -0.2) is 23.3 Å². The molecule has 182 valence electrons. The van der Waals surface area contributed by atoms with Crippen LogP contribution in [0.5, 0.6) is 11.5 Å². The number of hydrogen-bond acceptors (Lipinski definition) is 3. The minimum Gasteiger partial charge on any atom is -0.504 e. The summed E-state index contributed by atoms with van der Waals surface area (Å²) in [6.45, 7) is 2.27. The van der Waals surface area contributed by atoms with E-state index in [-0.39, 0.29) is 11.7 Å². The van der Waals surface area contributed by atoms with Crippen LogP contribution in [0.2, 0.25) is 0 Å². The van der Waals surface area contributed by atoms with Crippen LogP contribution in [0, 0.1) is 5.92 Å². The van der Waals surface area contributed by atoms with Gasteiger partial charge in [-0.3, -0.25) is 4.79 Å². The van der Waals surface area contributed by atoms with Gasteiger partial charge in [0.2, 0.25) is 0 Å². The lowest BCUT2D eigenvalue weighted by Crippen LogP contribution is -2.12. The predicted octanol–water partition coefficient (Wildman–Crippen LogP) is 8.38. The number of benzene rings is 1. The second-order valence-electron chi connectivity index (χ2n) is 8.99. The van der Waals surface area contributed by atoms with Crippen LogP contribution in [0.3, 0.4) is 0 Å². The molecule has 0 saturated carbocycles. The highest BCUT2D eigenvalue weighted by Gasteiger charge is 2.15. The number of allylic oxidation sites excluding steroid dienone is 1. The van der Waals surface area contributed by atoms with Crippen LogP contribution in [0.4, 0.5) is 0 Å². The van der Waals surface area contributed by atoms with Crippen molar-refractivity contribution in [3.63, 3.8) is 0 Å². The molecule has 4 heteroatoms. The Morgan fingerprint density at radius 2 is 1.44 bits per heavy atom. The maximum Gasteiger partial charge on any atom is 0.306 e. The fraction of sp³-hybridized carbons (Fsp3) is 0.679. The zero-order valence-electron chi connectivity index (χ0n) is 20.5. The lowest BCUT2D eigenvalue weighted by molar-refractivity contribution is -0.141. The van der Waals surface area contributed by atoms with E-state index in [1.165, 1.54) is 84.2 Å². The molecule has 0 aromatic heterocycles. The van der Waals surface area contributed by atoms with Gasteiger partial charge in [-0.2, -0.15) is 0 Å². The third-order valence-corrected chi connectivity index (χ3v) is 6.19. The Kier molecular flexibility index (Phi) is 16.3. The molecule has 4 nitrogen and oxygen atoms in total. The molecular weight excluding hydrogens is 400 g/mol. The Hall–Kier alpha value is -1.97. The summed E-state index contributed by atoms with van der Waals surface area (Å²) in [7, 11) is 1.51. The monoisotopic (exact) mass is 446 g/mol. The van der Waals surface area contributed by atoms with E-state index in [0.717, 1.165) is 24.8 Å². The molecule has 1 rings (SSSR count). The molecule has 1 atom stereocenters. The second kappa shape index (κ2) is 18.6.